The number of carbonyl (C=O) groups is 3. The molecule has 2 fully saturated rings. The van der Waals surface area contributed by atoms with Gasteiger partial charge in [0, 0.05) is 32.7 Å². The van der Waals surface area contributed by atoms with Crippen molar-refractivity contribution < 1.29 is 32.3 Å². The number of nitrogens with one attached hydrogen (secondary N) is 2. The van der Waals surface area contributed by atoms with E-state index in [1.165, 1.54) is 5.01 Å². The highest BCUT2D eigenvalue weighted by molar-refractivity contribution is 7.89. The molecule has 0 atom stereocenters. The molecule has 2 aliphatic rings. The molecule has 1 aliphatic heterocycles. The summed E-state index contributed by atoms with van der Waals surface area (Å²) in [7, 11) is -2.37. The van der Waals surface area contributed by atoms with E-state index in [1.54, 1.807) is 76.6 Å². The molecule has 4 rings (SSSR count). The van der Waals surface area contributed by atoms with E-state index in [0.29, 0.717) is 25.9 Å². The molecule has 270 valence electrons. The van der Waals surface area contributed by atoms with E-state index in [9.17, 15) is 22.8 Å². The van der Waals surface area contributed by atoms with E-state index >= 15 is 0 Å². The van der Waals surface area contributed by atoms with Crippen LogP contribution in [0, 0.1) is 5.92 Å². The summed E-state index contributed by atoms with van der Waals surface area (Å²) in [5, 5.41) is 5.52. The van der Waals surface area contributed by atoms with E-state index in [2.05, 4.69) is 15.1 Å². The summed E-state index contributed by atoms with van der Waals surface area (Å²) < 4.78 is 38.2. The van der Waals surface area contributed by atoms with Crippen LogP contribution < -0.4 is 10.1 Å². The van der Waals surface area contributed by atoms with Crippen molar-refractivity contribution in [1.29, 1.82) is 0 Å². The molecule has 0 bridgehead atoms. The molecular weight excluding hydrogens is 648 g/mol. The number of nitrogens with zero attached hydrogens (tertiary/aromatic N) is 4. The fourth-order valence-electron chi connectivity index (χ4n) is 6.03. The maximum absolute atomic E-state index is 14.0. The van der Waals surface area contributed by atoms with Crippen LogP contribution in [0.2, 0.25) is 0 Å². The molecule has 13 nitrogen and oxygen atoms in total. The Hall–Kier alpha value is -3.91. The Morgan fingerprint density at radius 2 is 1.49 bits per heavy atom. The highest BCUT2D eigenvalue weighted by Crippen LogP contribution is 2.25. The Balaban J connectivity index is 1.52. The molecule has 0 radical (unpaired) electrons. The van der Waals surface area contributed by atoms with Crippen molar-refractivity contribution in [2.24, 2.45) is 10.9 Å². The fourth-order valence-corrected chi connectivity index (χ4v) is 7.11. The lowest BCUT2D eigenvalue weighted by molar-refractivity contribution is 0.0551. The number of urea groups is 1. The van der Waals surface area contributed by atoms with Crippen LogP contribution >= 0.6 is 0 Å². The predicted octanol–water partition coefficient (Wildman–Crippen LogP) is 6.25. The first-order chi connectivity index (χ1) is 22.9. The van der Waals surface area contributed by atoms with Gasteiger partial charge in [-0.3, -0.25) is 5.32 Å². The lowest BCUT2D eigenvalue weighted by Crippen LogP contribution is -2.56. The van der Waals surface area contributed by atoms with Gasteiger partial charge < -0.3 is 19.3 Å². The Bertz CT molecular complexity index is 1620. The molecule has 2 aromatic rings. The topological polar surface area (TPSA) is 150 Å². The number of carbonyl (C=O) groups excluding carboxylic acids is 3. The molecule has 49 heavy (non-hydrogen) atoms. The number of guanidine groups is 1. The molecule has 1 heterocycles. The highest BCUT2D eigenvalue weighted by atomic mass is 32.2. The minimum Gasteiger partial charge on any atom is -0.444 e. The predicted molar refractivity (Wildman–Crippen MR) is 188 cm³/mol. The molecular formula is C35H52N6O7S. The van der Waals surface area contributed by atoms with Crippen molar-refractivity contribution in [2.45, 2.75) is 109 Å². The first-order valence-corrected chi connectivity index (χ1v) is 18.5. The number of alkyl carbamates (subject to hydrolysis) is 1. The van der Waals surface area contributed by atoms with Gasteiger partial charge in [-0.05, 0) is 96.0 Å². The van der Waals surface area contributed by atoms with E-state index in [-0.39, 0.29) is 29.4 Å². The third kappa shape index (κ3) is 11.3. The molecule has 1 aliphatic carbocycles. The van der Waals surface area contributed by atoms with Gasteiger partial charge in [0.2, 0.25) is 5.96 Å². The number of benzene rings is 2. The zero-order chi connectivity index (χ0) is 36.0. The maximum atomic E-state index is 14.0. The minimum atomic E-state index is -4.11. The van der Waals surface area contributed by atoms with Gasteiger partial charge in [0.1, 0.15) is 11.2 Å². The van der Waals surface area contributed by atoms with Gasteiger partial charge in [0.25, 0.3) is 10.0 Å². The average Bonchev–Trinajstić information content (AvgIpc) is 3.02. The van der Waals surface area contributed by atoms with Crippen molar-refractivity contribution >= 4 is 45.0 Å². The second kappa shape index (κ2) is 15.8. The van der Waals surface area contributed by atoms with Crippen molar-refractivity contribution in [3.05, 3.63) is 42.5 Å². The fraction of sp³-hybridized carbons (Fsp3) is 0.600. The van der Waals surface area contributed by atoms with E-state index in [4.69, 9.17) is 9.47 Å². The van der Waals surface area contributed by atoms with Crippen LogP contribution in [0.25, 0.3) is 10.8 Å². The van der Waals surface area contributed by atoms with Crippen molar-refractivity contribution in [2.75, 3.05) is 26.7 Å². The van der Waals surface area contributed by atoms with Gasteiger partial charge in [-0.2, -0.15) is 0 Å². The average molecular weight is 701 g/mol. The van der Waals surface area contributed by atoms with Crippen molar-refractivity contribution in [1.82, 2.24) is 25.0 Å². The normalized spacial score (nSPS) is 17.0. The van der Waals surface area contributed by atoms with Crippen LogP contribution in [0.3, 0.4) is 0 Å². The summed E-state index contributed by atoms with van der Waals surface area (Å²) >= 11 is 0. The monoisotopic (exact) mass is 700 g/mol. The third-order valence-electron chi connectivity index (χ3n) is 8.47. The molecule has 14 heteroatoms. The van der Waals surface area contributed by atoms with Crippen LogP contribution in [-0.2, 0) is 19.5 Å². The molecule has 1 saturated heterocycles. The number of likely N-dealkylation sites (tertiary alicyclic amines) is 1. The number of ether oxygens (including phenoxy) is 2. The number of aliphatic imine (C=N–C) groups is 1. The van der Waals surface area contributed by atoms with Crippen LogP contribution in [-0.4, -0.2) is 91.3 Å². The largest absolute Gasteiger partial charge is 0.444 e. The zero-order valence-electron chi connectivity index (χ0n) is 29.8. The number of hydrogen-bond donors (Lipinski definition) is 2. The van der Waals surface area contributed by atoms with E-state index in [1.807, 2.05) is 24.3 Å². The van der Waals surface area contributed by atoms with Crippen LogP contribution in [0.4, 0.5) is 14.4 Å². The Labute approximate surface area is 290 Å². The second-order valence-electron chi connectivity index (χ2n) is 14.9. The molecule has 2 N–H and O–H groups in total. The first kappa shape index (κ1) is 37.9. The highest BCUT2D eigenvalue weighted by Gasteiger charge is 2.33. The summed E-state index contributed by atoms with van der Waals surface area (Å²) in [4.78, 5) is 49.4. The summed E-state index contributed by atoms with van der Waals surface area (Å²) in [6, 6.07) is 12.0. The Morgan fingerprint density at radius 1 is 0.878 bits per heavy atom. The lowest BCUT2D eigenvalue weighted by atomic mass is 9.94. The van der Waals surface area contributed by atoms with Crippen molar-refractivity contribution in [3.8, 4) is 0 Å². The lowest BCUT2D eigenvalue weighted by Gasteiger charge is -2.38. The minimum absolute atomic E-state index is 0.00363. The third-order valence-corrected chi connectivity index (χ3v) is 9.81. The number of sulfonamides is 1. The van der Waals surface area contributed by atoms with Crippen molar-refractivity contribution in [3.63, 3.8) is 0 Å². The summed E-state index contributed by atoms with van der Waals surface area (Å²) in [6.45, 7) is 11.2. The zero-order valence-corrected chi connectivity index (χ0v) is 30.6. The molecule has 0 aromatic heterocycles. The number of fused-ring (bicyclic) bond motifs is 1. The maximum Gasteiger partial charge on any atom is 0.437 e. The van der Waals surface area contributed by atoms with Gasteiger partial charge in [-0.1, -0.05) is 49.6 Å². The SMILES string of the molecule is CN(C(=O)N(CC1CCN(/C(=N\C(=O)OC(C)(C)C)NC(=O)OC(C)(C)C)CC1)NS(=O)(=O)c1ccc2ccccc2c1)C1CCCCC1. The summed E-state index contributed by atoms with van der Waals surface area (Å²) in [5.74, 6) is -0.0903. The first-order valence-electron chi connectivity index (χ1n) is 17.0. The quantitative estimate of drug-likeness (QED) is 0.204. The van der Waals surface area contributed by atoms with Crippen LogP contribution in [0.5, 0.6) is 0 Å². The molecule has 0 spiro atoms. The molecule has 1 saturated carbocycles. The second-order valence-corrected chi connectivity index (χ2v) is 16.5. The van der Waals surface area contributed by atoms with Gasteiger partial charge in [0.05, 0.1) is 4.90 Å². The van der Waals surface area contributed by atoms with Crippen LogP contribution in [0.1, 0.15) is 86.5 Å². The van der Waals surface area contributed by atoms with Gasteiger partial charge in [-0.15, -0.1) is 9.82 Å². The van der Waals surface area contributed by atoms with Gasteiger partial charge >= 0.3 is 18.2 Å². The summed E-state index contributed by atoms with van der Waals surface area (Å²) in [6.07, 6.45) is 4.34. The van der Waals surface area contributed by atoms with E-state index in [0.717, 1.165) is 42.9 Å². The van der Waals surface area contributed by atoms with Gasteiger partial charge in [-0.25, -0.2) is 27.8 Å². The van der Waals surface area contributed by atoms with E-state index < -0.39 is 39.4 Å². The Kier molecular flexibility index (Phi) is 12.2. The molecule has 4 amide bonds. The van der Waals surface area contributed by atoms with Gasteiger partial charge in [0.15, 0.2) is 0 Å². The number of hydrogen-bond acceptors (Lipinski definition) is 7. The molecule has 0 unspecified atom stereocenters. The standard InChI is InChI=1S/C35H52N6O7S/c1-34(2,3)47-31(42)36-30(37-32(43)48-35(4,5)6)40-21-19-25(20-22-40)24-41(33(44)39(7)28-15-9-8-10-16-28)38-49(45,46)29-18-17-26-13-11-12-14-27(26)23-29/h11-14,17-18,23,25,28,38H,8-10,15-16,19-22,24H2,1-7H3,(H,36,37,42,43). The number of piperidine rings is 1. The Morgan fingerprint density at radius 3 is 2.10 bits per heavy atom. The summed E-state index contributed by atoms with van der Waals surface area (Å²) in [5.41, 5.74) is -1.55. The molecule has 2 aromatic carbocycles. The number of hydrazine groups is 1. The number of amides is 4. The number of rotatable bonds is 6. The van der Waals surface area contributed by atoms with Crippen LogP contribution in [0.15, 0.2) is 52.4 Å². The smallest absolute Gasteiger partial charge is 0.437 e.